The van der Waals surface area contributed by atoms with Crippen molar-refractivity contribution < 1.29 is 42.8 Å². The fourth-order valence-electron chi connectivity index (χ4n) is 5.55. The van der Waals surface area contributed by atoms with Crippen LogP contribution in [0.3, 0.4) is 0 Å². The fourth-order valence-corrected chi connectivity index (χ4v) is 5.55. The SMILES string of the molecule is Cc1c(CC2CO2)c(CC2CO2)c(C(N)=O)c(C(=O)N(CC2CO2)CC2CO2)c1C(=O)N(CC1CO1)CC1CO1. The summed E-state index contributed by atoms with van der Waals surface area (Å²) >= 11 is 0. The fraction of sp³-hybridized carbons (Fsp3) is 0.679. The standard InChI is InChI=1S/C28H35N3O9/c1-14-21(2-15-8-35-15)22(3-16-9-36-16)24(26(29)32)25(28(34)31(6-19-12-39-19)7-20-13-40-20)23(14)27(33)30(4-17-10-37-17)5-18-11-38-18/h15-20H,2-13H2,1H3,(H2,29,32). The first-order chi connectivity index (χ1) is 19.4. The molecule has 6 fully saturated rings. The van der Waals surface area contributed by atoms with Crippen LogP contribution in [-0.2, 0) is 41.3 Å². The van der Waals surface area contributed by atoms with Crippen molar-refractivity contribution in [3.63, 3.8) is 0 Å². The Morgan fingerprint density at radius 3 is 1.30 bits per heavy atom. The number of nitrogens with zero attached hydrogens (tertiary/aromatic N) is 2. The summed E-state index contributed by atoms with van der Waals surface area (Å²) in [5.41, 5.74) is 8.64. The minimum atomic E-state index is -0.737. The number of benzene rings is 1. The van der Waals surface area contributed by atoms with Crippen LogP contribution in [0.4, 0.5) is 0 Å². The summed E-state index contributed by atoms with van der Waals surface area (Å²) in [5.74, 6) is -1.48. The Labute approximate surface area is 231 Å². The number of amides is 3. The Balaban J connectivity index is 1.37. The molecule has 0 saturated carbocycles. The molecule has 6 atom stereocenters. The number of nitrogens with two attached hydrogens (primary N) is 1. The van der Waals surface area contributed by atoms with Gasteiger partial charge in [-0.15, -0.1) is 0 Å². The molecule has 0 spiro atoms. The van der Waals surface area contributed by atoms with Gasteiger partial charge in [0.15, 0.2) is 0 Å². The molecule has 1 aromatic rings. The van der Waals surface area contributed by atoms with Gasteiger partial charge in [0, 0.05) is 39.0 Å². The molecule has 216 valence electrons. The highest BCUT2D eigenvalue weighted by Gasteiger charge is 2.42. The molecule has 6 aliphatic rings. The van der Waals surface area contributed by atoms with E-state index in [1.807, 2.05) is 6.92 Å². The first kappa shape index (κ1) is 26.3. The van der Waals surface area contributed by atoms with Crippen molar-refractivity contribution in [2.24, 2.45) is 5.73 Å². The molecule has 0 radical (unpaired) electrons. The molecule has 3 amide bonds. The molecule has 0 bridgehead atoms. The van der Waals surface area contributed by atoms with Crippen molar-refractivity contribution in [1.82, 2.24) is 9.80 Å². The molecular formula is C28H35N3O9. The number of ether oxygens (including phenoxy) is 6. The van der Waals surface area contributed by atoms with Gasteiger partial charge < -0.3 is 44.0 Å². The minimum Gasteiger partial charge on any atom is -0.373 e. The van der Waals surface area contributed by atoms with Crippen molar-refractivity contribution in [2.45, 2.75) is 56.4 Å². The van der Waals surface area contributed by atoms with E-state index < -0.39 is 11.8 Å². The molecule has 0 aliphatic carbocycles. The van der Waals surface area contributed by atoms with E-state index in [2.05, 4.69) is 0 Å². The number of primary amides is 1. The highest BCUT2D eigenvalue weighted by atomic mass is 16.6. The third-order valence-corrected chi connectivity index (χ3v) is 8.22. The van der Waals surface area contributed by atoms with Crippen LogP contribution in [0.2, 0.25) is 0 Å². The van der Waals surface area contributed by atoms with E-state index in [9.17, 15) is 14.4 Å². The quantitative estimate of drug-likeness (QED) is 0.279. The Morgan fingerprint density at radius 2 is 0.950 bits per heavy atom. The number of epoxide rings is 6. The summed E-state index contributed by atoms with van der Waals surface area (Å²) in [4.78, 5) is 45.6. The van der Waals surface area contributed by atoms with E-state index in [1.165, 1.54) is 0 Å². The molecule has 6 saturated heterocycles. The van der Waals surface area contributed by atoms with Gasteiger partial charge in [0.1, 0.15) is 0 Å². The van der Waals surface area contributed by atoms with Crippen LogP contribution in [0.1, 0.15) is 47.8 Å². The largest absolute Gasteiger partial charge is 0.373 e. The second-order valence-corrected chi connectivity index (χ2v) is 11.6. The smallest absolute Gasteiger partial charge is 0.255 e. The second-order valence-electron chi connectivity index (χ2n) is 11.6. The predicted octanol–water partition coefficient (Wildman–Crippen LogP) is -0.544. The van der Waals surface area contributed by atoms with E-state index in [4.69, 9.17) is 34.2 Å². The zero-order valence-electron chi connectivity index (χ0n) is 22.6. The van der Waals surface area contributed by atoms with Crippen LogP contribution >= 0.6 is 0 Å². The van der Waals surface area contributed by atoms with Gasteiger partial charge in [-0.3, -0.25) is 14.4 Å². The van der Waals surface area contributed by atoms with Crippen LogP contribution in [0.15, 0.2) is 0 Å². The van der Waals surface area contributed by atoms with Gasteiger partial charge in [0.05, 0.1) is 93.0 Å². The second kappa shape index (κ2) is 10.3. The highest BCUT2D eigenvalue weighted by Crippen LogP contribution is 2.36. The summed E-state index contributed by atoms with van der Waals surface area (Å²) in [6.07, 6.45) is 0.611. The van der Waals surface area contributed by atoms with Crippen molar-refractivity contribution in [3.8, 4) is 0 Å². The lowest BCUT2D eigenvalue weighted by molar-refractivity contribution is 0.0688. The molecule has 6 aliphatic heterocycles. The molecule has 0 aromatic heterocycles. The van der Waals surface area contributed by atoms with Gasteiger partial charge in [0.25, 0.3) is 11.8 Å². The molecule has 1 aromatic carbocycles. The van der Waals surface area contributed by atoms with Crippen molar-refractivity contribution >= 4 is 17.7 Å². The summed E-state index contributed by atoms with van der Waals surface area (Å²) < 4.78 is 32.9. The van der Waals surface area contributed by atoms with Crippen LogP contribution in [0, 0.1) is 6.92 Å². The average Bonchev–Trinajstić information content (AvgIpc) is 3.71. The highest BCUT2D eigenvalue weighted by molar-refractivity contribution is 6.15. The third-order valence-electron chi connectivity index (χ3n) is 8.22. The maximum Gasteiger partial charge on any atom is 0.255 e. The first-order valence-electron chi connectivity index (χ1n) is 14.1. The number of hydrogen-bond donors (Lipinski definition) is 1. The van der Waals surface area contributed by atoms with Gasteiger partial charge in [-0.1, -0.05) is 0 Å². The predicted molar refractivity (Wildman–Crippen MR) is 137 cm³/mol. The van der Waals surface area contributed by atoms with Crippen molar-refractivity contribution in [1.29, 1.82) is 0 Å². The molecule has 40 heavy (non-hydrogen) atoms. The lowest BCUT2D eigenvalue weighted by atomic mass is 9.82. The van der Waals surface area contributed by atoms with E-state index >= 15 is 0 Å². The number of hydrogen-bond acceptors (Lipinski definition) is 9. The number of carbonyl (C=O) groups excluding carboxylic acids is 3. The topological polar surface area (TPSA) is 159 Å². The summed E-state index contributed by atoms with van der Waals surface area (Å²) in [5, 5.41) is 0. The van der Waals surface area contributed by atoms with E-state index in [-0.39, 0.29) is 59.2 Å². The van der Waals surface area contributed by atoms with Gasteiger partial charge in [-0.25, -0.2) is 0 Å². The van der Waals surface area contributed by atoms with Crippen molar-refractivity contribution in [2.75, 3.05) is 65.8 Å². The molecular weight excluding hydrogens is 522 g/mol. The number of carbonyl (C=O) groups is 3. The van der Waals surface area contributed by atoms with E-state index in [0.29, 0.717) is 89.8 Å². The van der Waals surface area contributed by atoms with Crippen LogP contribution in [-0.4, -0.2) is 130 Å². The monoisotopic (exact) mass is 557 g/mol. The summed E-state index contributed by atoms with van der Waals surface area (Å²) in [7, 11) is 0. The zero-order chi connectivity index (χ0) is 27.5. The maximum absolute atomic E-state index is 14.5. The van der Waals surface area contributed by atoms with Crippen molar-refractivity contribution in [3.05, 3.63) is 33.4 Å². The van der Waals surface area contributed by atoms with Gasteiger partial charge in [-0.2, -0.15) is 0 Å². The Hall–Kier alpha value is -2.61. The molecule has 6 unspecified atom stereocenters. The Morgan fingerprint density at radius 1 is 0.600 bits per heavy atom. The summed E-state index contributed by atoms with van der Waals surface area (Å²) in [6.45, 7) is 6.77. The van der Waals surface area contributed by atoms with E-state index in [0.717, 1.165) is 5.56 Å². The van der Waals surface area contributed by atoms with Crippen LogP contribution < -0.4 is 5.73 Å². The minimum absolute atomic E-state index is 0.00541. The zero-order valence-corrected chi connectivity index (χ0v) is 22.6. The molecule has 12 nitrogen and oxygen atoms in total. The first-order valence-corrected chi connectivity index (χ1v) is 14.1. The van der Waals surface area contributed by atoms with Gasteiger partial charge in [-0.05, 0) is 23.6 Å². The Kier molecular flexibility index (Phi) is 6.80. The van der Waals surface area contributed by atoms with Crippen LogP contribution in [0.5, 0.6) is 0 Å². The maximum atomic E-state index is 14.5. The normalized spacial score (nSPS) is 30.4. The van der Waals surface area contributed by atoms with Gasteiger partial charge in [0.2, 0.25) is 5.91 Å². The van der Waals surface area contributed by atoms with Crippen LogP contribution in [0.25, 0.3) is 0 Å². The lowest BCUT2D eigenvalue weighted by Gasteiger charge is -2.30. The average molecular weight is 558 g/mol. The van der Waals surface area contributed by atoms with E-state index in [1.54, 1.807) is 9.80 Å². The Bertz CT molecular complexity index is 1190. The molecule has 7 rings (SSSR count). The molecule has 12 heteroatoms. The van der Waals surface area contributed by atoms with Gasteiger partial charge >= 0.3 is 0 Å². The molecule has 6 heterocycles. The number of rotatable bonds is 15. The molecule has 2 N–H and O–H groups in total. The summed E-state index contributed by atoms with van der Waals surface area (Å²) in [6, 6.07) is 0. The third kappa shape index (κ3) is 6.02. The lowest BCUT2D eigenvalue weighted by Crippen LogP contribution is -2.43.